The number of aromatic nitrogens is 3. The van der Waals surface area contributed by atoms with E-state index in [1.54, 1.807) is 0 Å². The van der Waals surface area contributed by atoms with Gasteiger partial charge < -0.3 is 4.57 Å². The maximum atomic E-state index is 12.5. The van der Waals surface area contributed by atoms with E-state index < -0.39 is 20.5 Å². The van der Waals surface area contributed by atoms with Crippen molar-refractivity contribution < 1.29 is 17.2 Å². The summed E-state index contributed by atoms with van der Waals surface area (Å²) in [6, 6.07) is 14.8. The molecule has 0 N–H and O–H groups in total. The molecule has 0 unspecified atom stereocenters. The van der Waals surface area contributed by atoms with E-state index in [1.807, 2.05) is 41.9 Å². The topological polar surface area (TPSA) is 64.8 Å². The Kier molecular flexibility index (Phi) is 4.87. The Morgan fingerprint density at radius 1 is 1.00 bits per heavy atom. The molecule has 9 heteroatoms. The molecule has 3 rings (SSSR count). The van der Waals surface area contributed by atoms with Crippen LogP contribution in [0.5, 0.6) is 0 Å². The molecular formula is C16H13F2N3O2S2. The van der Waals surface area contributed by atoms with Crippen molar-refractivity contribution in [3.8, 4) is 11.4 Å². The van der Waals surface area contributed by atoms with Gasteiger partial charge in [0.15, 0.2) is 11.0 Å². The first-order chi connectivity index (χ1) is 11.9. The lowest BCUT2D eigenvalue weighted by atomic mass is 10.2. The van der Waals surface area contributed by atoms with Gasteiger partial charge in [-0.15, -0.1) is 10.2 Å². The van der Waals surface area contributed by atoms with Crippen LogP contribution >= 0.6 is 11.8 Å². The van der Waals surface area contributed by atoms with Gasteiger partial charge in [0, 0.05) is 17.5 Å². The summed E-state index contributed by atoms with van der Waals surface area (Å²) in [5.41, 5.74) is 0.919. The molecule has 0 bridgehead atoms. The molecule has 0 aliphatic heterocycles. The molecule has 0 saturated heterocycles. The van der Waals surface area contributed by atoms with Crippen molar-refractivity contribution >= 4 is 21.6 Å². The molecule has 2 aromatic carbocycles. The van der Waals surface area contributed by atoms with Crippen molar-refractivity contribution in [2.75, 3.05) is 0 Å². The highest BCUT2D eigenvalue weighted by Crippen LogP contribution is 2.30. The van der Waals surface area contributed by atoms with Crippen LogP contribution in [0.2, 0.25) is 0 Å². The Labute approximate surface area is 147 Å². The summed E-state index contributed by atoms with van der Waals surface area (Å²) in [6.45, 7) is 0. The third-order valence-corrected chi connectivity index (χ3v) is 5.91. The van der Waals surface area contributed by atoms with Crippen LogP contribution in [-0.2, 0) is 16.9 Å². The number of nitrogens with zero attached hydrogens (tertiary/aromatic N) is 3. The minimum absolute atomic E-state index is 0.408. The average molecular weight is 381 g/mol. The Morgan fingerprint density at radius 3 is 2.24 bits per heavy atom. The first kappa shape index (κ1) is 17.6. The number of sulfone groups is 1. The second kappa shape index (κ2) is 6.93. The summed E-state index contributed by atoms with van der Waals surface area (Å²) in [5.74, 6) is -2.74. The van der Waals surface area contributed by atoms with Gasteiger partial charge in [-0.3, -0.25) is 0 Å². The van der Waals surface area contributed by atoms with E-state index in [0.717, 1.165) is 17.7 Å². The summed E-state index contributed by atoms with van der Waals surface area (Å²) in [5, 5.41) is 8.88. The van der Waals surface area contributed by atoms with Crippen LogP contribution in [0.3, 0.4) is 0 Å². The first-order valence-corrected chi connectivity index (χ1v) is 9.50. The number of hydrogen-bond acceptors (Lipinski definition) is 5. The fourth-order valence-corrected chi connectivity index (χ4v) is 3.66. The highest BCUT2D eigenvalue weighted by atomic mass is 32.2. The molecule has 0 atom stereocenters. The van der Waals surface area contributed by atoms with Crippen molar-refractivity contribution in [1.29, 1.82) is 0 Å². The first-order valence-electron chi connectivity index (χ1n) is 7.14. The number of rotatable bonds is 5. The predicted molar refractivity (Wildman–Crippen MR) is 90.2 cm³/mol. The fourth-order valence-electron chi connectivity index (χ4n) is 2.15. The molecule has 1 heterocycles. The standard InChI is InChI=1S/C16H13F2N3O2S2/c1-21-14(11-5-3-2-4-6-11)19-20-16(21)24-12-7-9-13(10-8-12)25(22,23)15(17)18/h2-10,15H,1H3. The molecule has 0 aliphatic carbocycles. The van der Waals surface area contributed by atoms with Gasteiger partial charge in [-0.2, -0.15) is 8.78 Å². The van der Waals surface area contributed by atoms with Gasteiger partial charge in [-0.05, 0) is 36.0 Å². The van der Waals surface area contributed by atoms with Crippen LogP contribution in [0.25, 0.3) is 11.4 Å². The molecule has 1 aromatic heterocycles. The summed E-state index contributed by atoms with van der Waals surface area (Å²) >= 11 is 1.26. The quantitative estimate of drug-likeness (QED) is 0.675. The molecule has 25 heavy (non-hydrogen) atoms. The summed E-state index contributed by atoms with van der Waals surface area (Å²) in [6.07, 6.45) is 0. The predicted octanol–water partition coefficient (Wildman–Crippen LogP) is 3.63. The van der Waals surface area contributed by atoms with Crippen LogP contribution in [-0.4, -0.2) is 28.9 Å². The second-order valence-corrected chi connectivity index (χ2v) is 8.07. The maximum Gasteiger partial charge on any atom is 0.341 e. The normalized spacial score (nSPS) is 11.8. The Morgan fingerprint density at radius 2 is 1.64 bits per heavy atom. The second-order valence-electron chi connectivity index (χ2n) is 5.11. The average Bonchev–Trinajstić information content (AvgIpc) is 2.97. The van der Waals surface area contributed by atoms with E-state index in [4.69, 9.17) is 0 Å². The van der Waals surface area contributed by atoms with Gasteiger partial charge >= 0.3 is 5.76 Å². The number of hydrogen-bond donors (Lipinski definition) is 0. The minimum Gasteiger partial charge on any atom is -0.305 e. The molecular weight excluding hydrogens is 368 g/mol. The zero-order valence-corrected chi connectivity index (χ0v) is 14.6. The zero-order chi connectivity index (χ0) is 18.0. The van der Waals surface area contributed by atoms with Crippen molar-refractivity contribution in [2.45, 2.75) is 20.7 Å². The molecule has 130 valence electrons. The van der Waals surface area contributed by atoms with E-state index in [1.165, 1.54) is 23.9 Å². The van der Waals surface area contributed by atoms with Crippen LogP contribution in [0.4, 0.5) is 8.78 Å². The van der Waals surface area contributed by atoms with Gasteiger partial charge in [0.1, 0.15) is 0 Å². The van der Waals surface area contributed by atoms with E-state index in [2.05, 4.69) is 10.2 Å². The fraction of sp³-hybridized carbons (Fsp3) is 0.125. The molecule has 0 radical (unpaired) electrons. The summed E-state index contributed by atoms with van der Waals surface area (Å²) in [7, 11) is -2.76. The lowest BCUT2D eigenvalue weighted by Crippen LogP contribution is -2.11. The Bertz CT molecular complexity index is 972. The van der Waals surface area contributed by atoms with Crippen LogP contribution < -0.4 is 0 Å². The van der Waals surface area contributed by atoms with Gasteiger partial charge in [0.2, 0.25) is 9.84 Å². The van der Waals surface area contributed by atoms with E-state index in [9.17, 15) is 17.2 Å². The van der Waals surface area contributed by atoms with Crippen molar-refractivity contribution in [1.82, 2.24) is 14.8 Å². The minimum atomic E-state index is -4.58. The highest BCUT2D eigenvalue weighted by molar-refractivity contribution is 7.99. The SMILES string of the molecule is Cn1c(Sc2ccc(S(=O)(=O)C(F)F)cc2)nnc1-c1ccccc1. The molecule has 0 spiro atoms. The summed E-state index contributed by atoms with van der Waals surface area (Å²) in [4.78, 5) is 0.262. The molecule has 0 amide bonds. The molecule has 0 fully saturated rings. The van der Waals surface area contributed by atoms with Gasteiger partial charge in [0.05, 0.1) is 4.90 Å². The van der Waals surface area contributed by atoms with Crippen LogP contribution in [0.1, 0.15) is 0 Å². The van der Waals surface area contributed by atoms with E-state index in [-0.39, 0.29) is 0 Å². The van der Waals surface area contributed by atoms with E-state index >= 15 is 0 Å². The third-order valence-electron chi connectivity index (χ3n) is 3.46. The van der Waals surface area contributed by atoms with Crippen molar-refractivity contribution in [3.05, 3.63) is 54.6 Å². The lowest BCUT2D eigenvalue weighted by Gasteiger charge is -2.06. The van der Waals surface area contributed by atoms with Crippen molar-refractivity contribution in [3.63, 3.8) is 0 Å². The van der Waals surface area contributed by atoms with E-state index in [0.29, 0.717) is 15.9 Å². The third kappa shape index (κ3) is 3.57. The molecule has 3 aromatic rings. The molecule has 0 aliphatic rings. The maximum absolute atomic E-state index is 12.5. The molecule has 0 saturated carbocycles. The zero-order valence-electron chi connectivity index (χ0n) is 13.0. The number of alkyl halides is 2. The Hall–Kier alpha value is -2.26. The van der Waals surface area contributed by atoms with Crippen LogP contribution in [0.15, 0.2) is 69.5 Å². The number of benzene rings is 2. The van der Waals surface area contributed by atoms with Gasteiger partial charge in [0.25, 0.3) is 0 Å². The summed E-state index contributed by atoms with van der Waals surface area (Å²) < 4.78 is 49.8. The molecule has 5 nitrogen and oxygen atoms in total. The Balaban J connectivity index is 1.83. The highest BCUT2D eigenvalue weighted by Gasteiger charge is 2.26. The van der Waals surface area contributed by atoms with Gasteiger partial charge in [-0.25, -0.2) is 8.42 Å². The van der Waals surface area contributed by atoms with Crippen LogP contribution in [0, 0.1) is 0 Å². The lowest BCUT2D eigenvalue weighted by molar-refractivity contribution is 0.234. The number of halogens is 2. The smallest absolute Gasteiger partial charge is 0.305 e. The monoisotopic (exact) mass is 381 g/mol. The van der Waals surface area contributed by atoms with Crippen molar-refractivity contribution in [2.24, 2.45) is 7.05 Å². The van der Waals surface area contributed by atoms with Gasteiger partial charge in [-0.1, -0.05) is 30.3 Å². The largest absolute Gasteiger partial charge is 0.341 e.